The fourth-order valence-electron chi connectivity index (χ4n) is 4.79. The summed E-state index contributed by atoms with van der Waals surface area (Å²) in [6, 6.07) is 13.2. The molecule has 1 N–H and O–H groups in total. The van der Waals surface area contributed by atoms with Crippen molar-refractivity contribution in [2.45, 2.75) is 58.2 Å². The lowest BCUT2D eigenvalue weighted by Gasteiger charge is -2.48. The first kappa shape index (κ1) is 20.7. The van der Waals surface area contributed by atoms with E-state index < -0.39 is 5.97 Å². The molecular formula is C26H30O4. The average Bonchev–Trinajstić information content (AvgIpc) is 2.73. The van der Waals surface area contributed by atoms with Crippen LogP contribution in [0, 0.1) is 5.92 Å². The first-order valence-electron chi connectivity index (χ1n) is 10.8. The molecule has 3 atom stereocenters. The van der Waals surface area contributed by atoms with Crippen molar-refractivity contribution in [3.05, 3.63) is 65.2 Å². The first-order chi connectivity index (χ1) is 14.4. The number of allylic oxidation sites excluding steroid dienone is 2. The third-order valence-corrected chi connectivity index (χ3v) is 6.41. The Kier molecular flexibility index (Phi) is 5.70. The maximum atomic E-state index is 11.4. The number of hydrogen-bond acceptors (Lipinski definition) is 3. The van der Waals surface area contributed by atoms with Gasteiger partial charge >= 0.3 is 5.97 Å². The molecule has 2 aromatic carbocycles. The molecule has 1 saturated heterocycles. The summed E-state index contributed by atoms with van der Waals surface area (Å²) in [5.41, 5.74) is 4.26. The summed E-state index contributed by atoms with van der Waals surface area (Å²) < 4.78 is 12.9. The molecule has 1 fully saturated rings. The van der Waals surface area contributed by atoms with Crippen molar-refractivity contribution in [1.82, 2.24) is 0 Å². The van der Waals surface area contributed by atoms with Gasteiger partial charge in [-0.25, -0.2) is 4.79 Å². The average molecular weight is 407 g/mol. The highest BCUT2D eigenvalue weighted by Crippen LogP contribution is 2.51. The van der Waals surface area contributed by atoms with Crippen LogP contribution >= 0.6 is 0 Å². The van der Waals surface area contributed by atoms with Gasteiger partial charge in [0, 0.05) is 18.1 Å². The number of carbonyl (C=O) groups is 1. The Hall–Kier alpha value is -2.59. The highest BCUT2D eigenvalue weighted by Gasteiger charge is 2.48. The van der Waals surface area contributed by atoms with E-state index in [0.29, 0.717) is 5.92 Å². The van der Waals surface area contributed by atoms with Gasteiger partial charge < -0.3 is 14.6 Å². The Morgan fingerprint density at radius 3 is 2.77 bits per heavy atom. The lowest BCUT2D eigenvalue weighted by molar-refractivity contribution is -0.126. The van der Waals surface area contributed by atoms with Gasteiger partial charge in [0.1, 0.15) is 11.4 Å². The fraction of sp³-hybridized carbons (Fsp3) is 0.423. The van der Waals surface area contributed by atoms with Gasteiger partial charge in [-0.05, 0) is 75.8 Å². The van der Waals surface area contributed by atoms with Crippen molar-refractivity contribution in [2.24, 2.45) is 5.92 Å². The molecule has 2 aliphatic rings. The van der Waals surface area contributed by atoms with Crippen LogP contribution in [0.15, 0.2) is 54.1 Å². The zero-order valence-electron chi connectivity index (χ0n) is 18.0. The van der Waals surface area contributed by atoms with E-state index in [1.165, 1.54) is 5.57 Å². The quantitative estimate of drug-likeness (QED) is 0.582. The van der Waals surface area contributed by atoms with Gasteiger partial charge in [-0.15, -0.1) is 0 Å². The monoisotopic (exact) mass is 406 g/mol. The van der Waals surface area contributed by atoms with Crippen molar-refractivity contribution in [3.63, 3.8) is 0 Å². The molecule has 158 valence electrons. The van der Waals surface area contributed by atoms with Crippen LogP contribution in [0.1, 0.15) is 68.5 Å². The molecule has 2 aromatic rings. The van der Waals surface area contributed by atoms with E-state index in [9.17, 15) is 9.90 Å². The van der Waals surface area contributed by atoms with Crippen LogP contribution in [0.4, 0.5) is 0 Å². The number of benzene rings is 2. The van der Waals surface area contributed by atoms with Crippen molar-refractivity contribution < 1.29 is 19.4 Å². The zero-order valence-corrected chi connectivity index (χ0v) is 18.0. The van der Waals surface area contributed by atoms with Gasteiger partial charge in [0.25, 0.3) is 0 Å². The van der Waals surface area contributed by atoms with Crippen LogP contribution in [-0.2, 0) is 4.74 Å². The van der Waals surface area contributed by atoms with E-state index in [2.05, 4.69) is 32.9 Å². The second-order valence-corrected chi connectivity index (χ2v) is 8.91. The Morgan fingerprint density at radius 1 is 1.20 bits per heavy atom. The molecule has 30 heavy (non-hydrogen) atoms. The van der Waals surface area contributed by atoms with Crippen LogP contribution < -0.4 is 4.74 Å². The van der Waals surface area contributed by atoms with Crippen molar-refractivity contribution >= 4 is 5.97 Å². The number of hydrogen-bond donors (Lipinski definition) is 1. The van der Waals surface area contributed by atoms with E-state index in [1.54, 1.807) is 18.2 Å². The minimum Gasteiger partial charge on any atom is -0.487 e. The molecule has 0 saturated carbocycles. The predicted molar refractivity (Wildman–Crippen MR) is 118 cm³/mol. The fourth-order valence-corrected chi connectivity index (χ4v) is 4.79. The van der Waals surface area contributed by atoms with Gasteiger partial charge in [0.15, 0.2) is 0 Å². The molecule has 4 nitrogen and oxygen atoms in total. The molecule has 2 aliphatic heterocycles. The minimum absolute atomic E-state index is 0.0543. The van der Waals surface area contributed by atoms with Crippen molar-refractivity contribution in [3.8, 4) is 16.9 Å². The zero-order chi connectivity index (χ0) is 21.3. The molecule has 2 heterocycles. The molecule has 0 aliphatic carbocycles. The maximum absolute atomic E-state index is 11.4. The SMILES string of the molecule is CC(C)=CCC[C@@]1(C)Oc2cc(-c3cccc(C(=O)O)c3)ccc2[C@@H]2OCCC[C@H]21. The molecule has 4 rings (SSSR count). The molecule has 0 amide bonds. The molecule has 0 aromatic heterocycles. The third kappa shape index (κ3) is 4.01. The summed E-state index contributed by atoms with van der Waals surface area (Å²) in [6.45, 7) is 7.26. The third-order valence-electron chi connectivity index (χ3n) is 6.41. The number of rotatable bonds is 5. The first-order valence-corrected chi connectivity index (χ1v) is 10.8. The van der Waals surface area contributed by atoms with Crippen LogP contribution in [0.25, 0.3) is 11.1 Å². The van der Waals surface area contributed by atoms with Crippen LogP contribution in [0.3, 0.4) is 0 Å². The van der Waals surface area contributed by atoms with Gasteiger partial charge in [-0.2, -0.15) is 0 Å². The Bertz CT molecular complexity index is 973. The molecular weight excluding hydrogens is 376 g/mol. The number of ether oxygens (including phenoxy) is 2. The largest absolute Gasteiger partial charge is 0.487 e. The predicted octanol–water partition coefficient (Wildman–Crippen LogP) is 6.42. The number of fused-ring (bicyclic) bond motifs is 3. The molecule has 0 unspecified atom stereocenters. The number of carboxylic acids is 1. The Balaban J connectivity index is 1.70. The van der Waals surface area contributed by atoms with E-state index in [0.717, 1.165) is 54.7 Å². The molecule has 0 bridgehead atoms. The molecule has 0 spiro atoms. The number of carboxylic acid groups (broad SMARTS) is 1. The highest BCUT2D eigenvalue weighted by atomic mass is 16.5. The molecule has 4 heteroatoms. The van der Waals surface area contributed by atoms with Crippen molar-refractivity contribution in [2.75, 3.05) is 6.61 Å². The Morgan fingerprint density at radius 2 is 2.00 bits per heavy atom. The van der Waals surface area contributed by atoms with E-state index in [1.807, 2.05) is 18.2 Å². The topological polar surface area (TPSA) is 55.8 Å². The van der Waals surface area contributed by atoms with Gasteiger partial charge in [0.05, 0.1) is 11.7 Å². The van der Waals surface area contributed by atoms with E-state index in [4.69, 9.17) is 9.47 Å². The standard InChI is InChI=1S/C26H30O4/c1-17(2)7-5-13-26(3)22-10-6-14-29-24(22)21-12-11-19(16-23(21)30-26)18-8-4-9-20(15-18)25(27)28/h4,7-9,11-12,15-16,22,24H,5-6,10,13-14H2,1-3H3,(H,27,28)/t22-,24+,26-/m1/s1. The summed E-state index contributed by atoms with van der Waals surface area (Å²) in [4.78, 5) is 11.4. The lowest BCUT2D eigenvalue weighted by Crippen LogP contribution is -2.49. The van der Waals surface area contributed by atoms with Crippen molar-refractivity contribution in [1.29, 1.82) is 0 Å². The smallest absolute Gasteiger partial charge is 0.335 e. The summed E-state index contributed by atoms with van der Waals surface area (Å²) >= 11 is 0. The molecule has 0 radical (unpaired) electrons. The highest BCUT2D eigenvalue weighted by molar-refractivity contribution is 5.89. The van der Waals surface area contributed by atoms with Gasteiger partial charge in [-0.1, -0.05) is 35.9 Å². The second kappa shape index (κ2) is 8.27. The van der Waals surface area contributed by atoms with Crippen LogP contribution in [-0.4, -0.2) is 23.3 Å². The summed E-state index contributed by atoms with van der Waals surface area (Å²) in [7, 11) is 0. The summed E-state index contributed by atoms with van der Waals surface area (Å²) in [5, 5.41) is 9.32. The normalized spacial score (nSPS) is 24.9. The number of aromatic carboxylic acids is 1. The van der Waals surface area contributed by atoms with Gasteiger partial charge in [0.2, 0.25) is 0 Å². The summed E-state index contributed by atoms with van der Waals surface area (Å²) in [5.74, 6) is 0.276. The van der Waals surface area contributed by atoms with Crippen LogP contribution in [0.5, 0.6) is 5.75 Å². The van der Waals surface area contributed by atoms with Gasteiger partial charge in [-0.3, -0.25) is 0 Å². The van der Waals surface area contributed by atoms with E-state index in [-0.39, 0.29) is 17.3 Å². The lowest BCUT2D eigenvalue weighted by atomic mass is 9.73. The Labute approximate surface area is 178 Å². The maximum Gasteiger partial charge on any atom is 0.335 e. The second-order valence-electron chi connectivity index (χ2n) is 8.91. The summed E-state index contributed by atoms with van der Waals surface area (Å²) in [6.07, 6.45) is 6.43. The minimum atomic E-state index is -0.920. The van der Waals surface area contributed by atoms with Crippen LogP contribution in [0.2, 0.25) is 0 Å². The van der Waals surface area contributed by atoms with E-state index >= 15 is 0 Å².